The van der Waals surface area contributed by atoms with Crippen LogP contribution in [0.15, 0.2) is 35.7 Å². The number of anilines is 1. The second-order valence-electron chi connectivity index (χ2n) is 5.91. The van der Waals surface area contributed by atoms with Crippen LogP contribution in [0.1, 0.15) is 20.7 Å². The van der Waals surface area contributed by atoms with Gasteiger partial charge in [0.05, 0.1) is 26.9 Å². The predicted octanol–water partition coefficient (Wildman–Crippen LogP) is 6.20. The van der Waals surface area contributed by atoms with Crippen LogP contribution < -0.4 is 14.8 Å². The van der Waals surface area contributed by atoms with Crippen LogP contribution in [0.4, 0.5) is 5.00 Å². The van der Waals surface area contributed by atoms with Crippen molar-refractivity contribution < 1.29 is 24.2 Å². The molecule has 0 bridgehead atoms. The van der Waals surface area contributed by atoms with Crippen molar-refractivity contribution >= 4 is 96.0 Å². The molecule has 6 nitrogen and oxygen atoms in total. The quantitative estimate of drug-likeness (QED) is 0.231. The fraction of sp³-hybridized carbons (Fsp3) is 0.100. The first-order valence-corrected chi connectivity index (χ1v) is 12.4. The van der Waals surface area contributed by atoms with Gasteiger partial charge in [0.2, 0.25) is 0 Å². The summed E-state index contributed by atoms with van der Waals surface area (Å²) in [5, 5.41) is 14.6. The minimum absolute atomic E-state index is 0.0452. The van der Waals surface area contributed by atoms with Crippen molar-refractivity contribution in [1.82, 2.24) is 0 Å². The molecule has 3 rings (SSSR count). The van der Waals surface area contributed by atoms with Gasteiger partial charge in [-0.3, -0.25) is 4.79 Å². The lowest BCUT2D eigenvalue weighted by molar-refractivity contribution is 0.0699. The maximum absolute atomic E-state index is 13.0. The number of thiophene rings is 1. The van der Waals surface area contributed by atoms with Crippen molar-refractivity contribution in [3.63, 3.8) is 0 Å². The summed E-state index contributed by atoms with van der Waals surface area (Å²) in [5.74, 6) is -0.270. The molecular weight excluding hydrogens is 747 g/mol. The van der Waals surface area contributed by atoms with Crippen molar-refractivity contribution in [2.75, 3.05) is 19.5 Å². The van der Waals surface area contributed by atoms with E-state index in [0.717, 1.165) is 7.14 Å². The van der Waals surface area contributed by atoms with E-state index in [9.17, 15) is 14.7 Å². The minimum Gasteiger partial charge on any atom is -0.497 e. The van der Waals surface area contributed by atoms with Gasteiger partial charge in [0.15, 0.2) is 0 Å². The molecule has 1 heterocycles. The van der Waals surface area contributed by atoms with Crippen LogP contribution in [-0.2, 0) is 0 Å². The summed E-state index contributed by atoms with van der Waals surface area (Å²) >= 11 is 7.54. The Kier molecular flexibility index (Phi) is 7.84. The zero-order chi connectivity index (χ0) is 22.0. The van der Waals surface area contributed by atoms with Crippen LogP contribution in [0.2, 0.25) is 0 Å². The maximum Gasteiger partial charge on any atom is 0.339 e. The summed E-state index contributed by atoms with van der Waals surface area (Å²) < 4.78 is 13.1. The lowest BCUT2D eigenvalue weighted by atomic mass is 10.0. The van der Waals surface area contributed by atoms with E-state index in [2.05, 4.69) is 73.1 Å². The molecule has 0 spiro atoms. The van der Waals surface area contributed by atoms with Crippen molar-refractivity contribution in [1.29, 1.82) is 0 Å². The van der Waals surface area contributed by atoms with E-state index >= 15 is 0 Å². The highest BCUT2D eigenvalue weighted by atomic mass is 127. The average molecular weight is 761 g/mol. The zero-order valence-corrected chi connectivity index (χ0v) is 22.9. The molecule has 1 aromatic heterocycles. The molecule has 30 heavy (non-hydrogen) atoms. The fourth-order valence-electron chi connectivity index (χ4n) is 2.76. The molecule has 0 aliphatic carbocycles. The lowest BCUT2D eigenvalue weighted by Gasteiger charge is -2.13. The Morgan fingerprint density at radius 3 is 2.43 bits per heavy atom. The second kappa shape index (κ2) is 9.99. The van der Waals surface area contributed by atoms with Crippen molar-refractivity contribution in [3.8, 4) is 22.6 Å². The van der Waals surface area contributed by atoms with Gasteiger partial charge in [0, 0.05) is 14.5 Å². The first kappa shape index (κ1) is 23.5. The monoisotopic (exact) mass is 761 g/mol. The van der Waals surface area contributed by atoms with Gasteiger partial charge < -0.3 is 19.9 Å². The number of methoxy groups -OCH3 is 2. The smallest absolute Gasteiger partial charge is 0.339 e. The zero-order valence-electron chi connectivity index (χ0n) is 15.6. The number of rotatable bonds is 6. The van der Waals surface area contributed by atoms with E-state index in [1.54, 1.807) is 49.9 Å². The number of carboxylic acids is 1. The van der Waals surface area contributed by atoms with E-state index < -0.39 is 11.9 Å². The molecule has 0 saturated heterocycles. The molecule has 0 atom stereocenters. The SMILES string of the molecule is COc1cccc(-c2csc(NC(=O)c3cc(I)c(I)c(OC)c3I)c2C(=O)O)c1. The van der Waals surface area contributed by atoms with E-state index in [-0.39, 0.29) is 10.6 Å². The number of ether oxygens (including phenoxy) is 2. The summed E-state index contributed by atoms with van der Waals surface area (Å²) in [5.41, 5.74) is 1.68. The number of carboxylic acid groups (broad SMARTS) is 1. The summed E-state index contributed by atoms with van der Waals surface area (Å²) in [6.07, 6.45) is 0. The highest BCUT2D eigenvalue weighted by Crippen LogP contribution is 2.38. The predicted molar refractivity (Wildman–Crippen MR) is 142 cm³/mol. The second-order valence-corrected chi connectivity index (χ2v) is 10.1. The minimum atomic E-state index is -1.12. The molecule has 0 aliphatic heterocycles. The highest BCUT2D eigenvalue weighted by Gasteiger charge is 2.24. The molecule has 2 N–H and O–H groups in total. The average Bonchev–Trinajstić information content (AvgIpc) is 3.15. The Balaban J connectivity index is 2.02. The van der Waals surface area contributed by atoms with E-state index in [1.807, 2.05) is 0 Å². The fourth-order valence-corrected chi connectivity index (χ4v) is 6.33. The van der Waals surface area contributed by atoms with Crippen LogP contribution in [0.25, 0.3) is 11.1 Å². The molecule has 2 aromatic carbocycles. The van der Waals surface area contributed by atoms with Crippen molar-refractivity contribution in [2.24, 2.45) is 0 Å². The number of amides is 1. The number of nitrogens with one attached hydrogen (secondary N) is 1. The third kappa shape index (κ3) is 4.70. The number of aromatic carboxylic acids is 1. The van der Waals surface area contributed by atoms with E-state index in [1.165, 1.54) is 11.3 Å². The van der Waals surface area contributed by atoms with Crippen molar-refractivity contribution in [3.05, 3.63) is 57.5 Å². The molecular formula is C20H14I3NO5S. The topological polar surface area (TPSA) is 84.9 Å². The van der Waals surface area contributed by atoms with Gasteiger partial charge in [-0.25, -0.2) is 4.79 Å². The molecule has 0 aliphatic rings. The standard InChI is InChI=1S/C20H14I3NO5S/c1-28-10-5-3-4-9(6-10)12-8-30-19(14(12)20(26)27)24-18(25)11-7-13(21)16(23)17(29-2)15(11)22/h3-8H,1-2H3,(H,24,25)(H,26,27). The Morgan fingerprint density at radius 1 is 1.07 bits per heavy atom. The van der Waals surface area contributed by atoms with Crippen LogP contribution in [0.3, 0.4) is 0 Å². The number of benzene rings is 2. The number of halogens is 3. The highest BCUT2D eigenvalue weighted by molar-refractivity contribution is 14.1. The first-order valence-electron chi connectivity index (χ1n) is 8.30. The Bertz CT molecular complexity index is 1150. The van der Waals surface area contributed by atoms with Gasteiger partial charge in [0.25, 0.3) is 5.91 Å². The van der Waals surface area contributed by atoms with Gasteiger partial charge in [-0.05, 0) is 91.5 Å². The number of carbonyl (C=O) groups excluding carboxylic acids is 1. The summed E-state index contributed by atoms with van der Waals surface area (Å²) in [4.78, 5) is 25.0. The number of carbonyl (C=O) groups is 2. The molecule has 3 aromatic rings. The summed E-state index contributed by atoms with van der Waals surface area (Å²) in [7, 11) is 3.11. The normalized spacial score (nSPS) is 10.6. The van der Waals surface area contributed by atoms with E-state index in [0.29, 0.717) is 31.8 Å². The van der Waals surface area contributed by atoms with Crippen LogP contribution >= 0.6 is 79.1 Å². The Hall–Kier alpha value is -1.13. The third-order valence-corrected chi connectivity index (χ3v) is 9.10. The first-order chi connectivity index (χ1) is 14.3. The third-order valence-electron chi connectivity index (χ3n) is 4.18. The number of hydrogen-bond acceptors (Lipinski definition) is 5. The van der Waals surface area contributed by atoms with Crippen LogP contribution in [0, 0.1) is 10.7 Å². The molecule has 0 radical (unpaired) electrons. The van der Waals surface area contributed by atoms with Gasteiger partial charge in [-0.1, -0.05) is 12.1 Å². The van der Waals surface area contributed by atoms with E-state index in [4.69, 9.17) is 9.47 Å². The largest absolute Gasteiger partial charge is 0.497 e. The van der Waals surface area contributed by atoms with Gasteiger partial charge in [-0.15, -0.1) is 11.3 Å². The van der Waals surface area contributed by atoms with Crippen LogP contribution in [-0.4, -0.2) is 31.2 Å². The van der Waals surface area contributed by atoms with Crippen molar-refractivity contribution in [2.45, 2.75) is 0 Å². The molecule has 0 saturated carbocycles. The Labute approximate surface area is 217 Å². The van der Waals surface area contributed by atoms with Crippen LogP contribution in [0.5, 0.6) is 11.5 Å². The maximum atomic E-state index is 13.0. The molecule has 0 fully saturated rings. The molecule has 1 amide bonds. The summed E-state index contributed by atoms with van der Waals surface area (Å²) in [6, 6.07) is 8.90. The lowest BCUT2D eigenvalue weighted by Crippen LogP contribution is -2.16. The molecule has 0 unspecified atom stereocenters. The number of hydrogen-bond donors (Lipinski definition) is 2. The summed E-state index contributed by atoms with van der Waals surface area (Å²) in [6.45, 7) is 0. The Morgan fingerprint density at radius 2 is 1.80 bits per heavy atom. The van der Waals surface area contributed by atoms with Gasteiger partial charge >= 0.3 is 5.97 Å². The molecule has 156 valence electrons. The molecule has 10 heteroatoms. The van der Waals surface area contributed by atoms with Gasteiger partial charge in [-0.2, -0.15) is 0 Å². The van der Waals surface area contributed by atoms with Gasteiger partial charge in [0.1, 0.15) is 22.1 Å².